The fourth-order valence-electron chi connectivity index (χ4n) is 2.09. The second-order valence-electron chi connectivity index (χ2n) is 4.28. The van der Waals surface area contributed by atoms with Gasteiger partial charge in [-0.05, 0) is 19.1 Å². The number of nitrogens with zero attached hydrogens (tertiary/aromatic N) is 1. The lowest BCUT2D eigenvalue weighted by Crippen LogP contribution is -2.30. The van der Waals surface area contributed by atoms with Gasteiger partial charge in [-0.25, -0.2) is 5.84 Å². The number of amides is 1. The van der Waals surface area contributed by atoms with Crippen LogP contribution in [-0.4, -0.2) is 17.1 Å². The van der Waals surface area contributed by atoms with Gasteiger partial charge in [0.1, 0.15) is 5.75 Å². The van der Waals surface area contributed by atoms with Gasteiger partial charge in [0.25, 0.3) is 0 Å². The van der Waals surface area contributed by atoms with Crippen LogP contribution in [0.4, 0.5) is 0 Å². The Hall–Kier alpha value is -2.34. The van der Waals surface area contributed by atoms with E-state index in [1.807, 2.05) is 17.6 Å². The van der Waals surface area contributed by atoms with E-state index in [1.165, 1.54) is 6.07 Å². The molecular weight excluding hydrogens is 258 g/mol. The fourth-order valence-corrected chi connectivity index (χ4v) is 2.09. The van der Waals surface area contributed by atoms with Crippen molar-refractivity contribution in [2.24, 2.45) is 5.84 Å². The first kappa shape index (κ1) is 14.1. The summed E-state index contributed by atoms with van der Waals surface area (Å²) in [7, 11) is 0. The summed E-state index contributed by atoms with van der Waals surface area (Å²) in [5, 5.41) is 0.576. The maximum Gasteiger partial charge on any atom is 0.235 e. The number of ether oxygens (including phenoxy) is 1. The van der Waals surface area contributed by atoms with E-state index in [0.29, 0.717) is 29.8 Å². The van der Waals surface area contributed by atoms with Gasteiger partial charge in [-0.2, -0.15) is 0 Å². The van der Waals surface area contributed by atoms with Crippen LogP contribution in [0.3, 0.4) is 0 Å². The normalized spacial score (nSPS) is 10.5. The highest BCUT2D eigenvalue weighted by atomic mass is 16.5. The smallest absolute Gasteiger partial charge is 0.235 e. The third-order valence-corrected chi connectivity index (χ3v) is 3.00. The molecule has 1 aromatic carbocycles. The molecule has 0 fully saturated rings. The average Bonchev–Trinajstić information content (AvgIpc) is 2.47. The molecule has 0 radical (unpaired) electrons. The second-order valence-corrected chi connectivity index (χ2v) is 4.28. The molecule has 0 bridgehead atoms. The van der Waals surface area contributed by atoms with Gasteiger partial charge in [0, 0.05) is 30.6 Å². The predicted molar refractivity (Wildman–Crippen MR) is 76.3 cm³/mol. The molecule has 0 aliphatic heterocycles. The summed E-state index contributed by atoms with van der Waals surface area (Å²) >= 11 is 0. The summed E-state index contributed by atoms with van der Waals surface area (Å²) in [6.07, 6.45) is 1.89. The largest absolute Gasteiger partial charge is 0.492 e. The monoisotopic (exact) mass is 275 g/mol. The summed E-state index contributed by atoms with van der Waals surface area (Å²) in [5.41, 5.74) is 2.72. The molecule has 1 aromatic heterocycles. The van der Waals surface area contributed by atoms with Crippen molar-refractivity contribution in [3.05, 3.63) is 40.7 Å². The molecule has 0 saturated heterocycles. The van der Waals surface area contributed by atoms with Crippen molar-refractivity contribution in [1.29, 1.82) is 0 Å². The molecule has 106 valence electrons. The average molecular weight is 275 g/mol. The maximum absolute atomic E-state index is 11.9. The van der Waals surface area contributed by atoms with Crippen LogP contribution in [0.25, 0.3) is 10.9 Å². The molecule has 0 saturated carbocycles. The van der Waals surface area contributed by atoms with Crippen LogP contribution in [0.1, 0.15) is 13.3 Å². The van der Waals surface area contributed by atoms with Crippen molar-refractivity contribution in [1.82, 2.24) is 9.99 Å². The lowest BCUT2D eigenvalue weighted by molar-refractivity contribution is -0.121. The number of hydrazine groups is 1. The van der Waals surface area contributed by atoms with Crippen LogP contribution in [0.2, 0.25) is 0 Å². The highest BCUT2D eigenvalue weighted by Gasteiger charge is 2.09. The topological polar surface area (TPSA) is 86.3 Å². The number of hydrogen-bond donors (Lipinski definition) is 2. The Labute approximate surface area is 116 Å². The summed E-state index contributed by atoms with van der Waals surface area (Å²) in [6, 6.07) is 6.83. The SMILES string of the molecule is CCOc1cccc2c(=O)ccn(CCC(=O)NN)c12. The molecule has 0 atom stereocenters. The lowest BCUT2D eigenvalue weighted by Gasteiger charge is -2.14. The number of nitrogens with one attached hydrogen (secondary N) is 1. The van der Waals surface area contributed by atoms with E-state index in [-0.39, 0.29) is 17.8 Å². The zero-order chi connectivity index (χ0) is 14.5. The van der Waals surface area contributed by atoms with E-state index >= 15 is 0 Å². The molecule has 1 heterocycles. The Bertz CT molecular complexity index is 679. The van der Waals surface area contributed by atoms with Crippen LogP contribution in [0, 0.1) is 0 Å². The van der Waals surface area contributed by atoms with Crippen molar-refractivity contribution >= 4 is 16.8 Å². The van der Waals surface area contributed by atoms with E-state index in [4.69, 9.17) is 10.6 Å². The number of nitrogens with two attached hydrogens (primary N) is 1. The molecule has 3 N–H and O–H groups in total. The number of carbonyl (C=O) groups excluding carboxylic acids is 1. The number of benzene rings is 1. The third-order valence-electron chi connectivity index (χ3n) is 3.00. The van der Waals surface area contributed by atoms with Crippen LogP contribution < -0.4 is 21.4 Å². The Morgan fingerprint density at radius 2 is 2.20 bits per heavy atom. The number of rotatable bonds is 5. The number of fused-ring (bicyclic) bond motifs is 1. The predicted octanol–water partition coefficient (Wildman–Crippen LogP) is 0.780. The summed E-state index contributed by atoms with van der Waals surface area (Å²) in [6.45, 7) is 2.81. The van der Waals surface area contributed by atoms with Gasteiger partial charge >= 0.3 is 0 Å². The van der Waals surface area contributed by atoms with Crippen molar-refractivity contribution in [3.63, 3.8) is 0 Å². The zero-order valence-corrected chi connectivity index (χ0v) is 11.3. The molecule has 2 aromatic rings. The van der Waals surface area contributed by atoms with Gasteiger partial charge < -0.3 is 9.30 Å². The van der Waals surface area contributed by atoms with Crippen molar-refractivity contribution in [2.45, 2.75) is 19.9 Å². The van der Waals surface area contributed by atoms with E-state index in [1.54, 1.807) is 18.3 Å². The van der Waals surface area contributed by atoms with Crippen molar-refractivity contribution < 1.29 is 9.53 Å². The quantitative estimate of drug-likeness (QED) is 0.479. The van der Waals surface area contributed by atoms with E-state index in [9.17, 15) is 9.59 Å². The molecule has 0 aliphatic carbocycles. The van der Waals surface area contributed by atoms with Gasteiger partial charge in [0.15, 0.2) is 5.43 Å². The first-order valence-electron chi connectivity index (χ1n) is 6.41. The minimum Gasteiger partial charge on any atom is -0.492 e. The van der Waals surface area contributed by atoms with Gasteiger partial charge in [0.05, 0.1) is 12.1 Å². The van der Waals surface area contributed by atoms with Gasteiger partial charge in [0.2, 0.25) is 5.91 Å². The molecule has 0 spiro atoms. The Kier molecular flexibility index (Phi) is 4.37. The maximum atomic E-state index is 11.9. The Morgan fingerprint density at radius 3 is 2.90 bits per heavy atom. The van der Waals surface area contributed by atoms with E-state index in [2.05, 4.69) is 5.43 Å². The van der Waals surface area contributed by atoms with Crippen molar-refractivity contribution in [2.75, 3.05) is 6.61 Å². The van der Waals surface area contributed by atoms with Crippen molar-refractivity contribution in [3.8, 4) is 5.75 Å². The zero-order valence-electron chi connectivity index (χ0n) is 11.3. The van der Waals surface area contributed by atoms with Crippen LogP contribution >= 0.6 is 0 Å². The van der Waals surface area contributed by atoms with Crippen LogP contribution in [0.15, 0.2) is 35.3 Å². The number of aryl methyl sites for hydroxylation is 1. The van der Waals surface area contributed by atoms with Gasteiger partial charge in [-0.1, -0.05) is 6.07 Å². The summed E-state index contributed by atoms with van der Waals surface area (Å²) in [4.78, 5) is 23.2. The first-order chi connectivity index (χ1) is 9.67. The highest BCUT2D eigenvalue weighted by Crippen LogP contribution is 2.23. The highest BCUT2D eigenvalue weighted by molar-refractivity contribution is 5.85. The fraction of sp³-hybridized carbons (Fsp3) is 0.286. The number of para-hydroxylation sites is 1. The lowest BCUT2D eigenvalue weighted by atomic mass is 10.2. The third kappa shape index (κ3) is 2.80. The first-order valence-corrected chi connectivity index (χ1v) is 6.41. The minimum atomic E-state index is -0.259. The molecule has 0 aliphatic rings. The van der Waals surface area contributed by atoms with Gasteiger partial charge in [-0.3, -0.25) is 15.0 Å². The standard InChI is InChI=1S/C14H17N3O3/c1-2-20-12-5-3-4-10-11(18)6-8-17(14(10)12)9-7-13(19)16-15/h3-6,8H,2,7,9,15H2,1H3,(H,16,19). The Morgan fingerprint density at radius 1 is 1.40 bits per heavy atom. The molecule has 6 heteroatoms. The number of pyridine rings is 1. The number of aromatic nitrogens is 1. The van der Waals surface area contributed by atoms with Crippen LogP contribution in [-0.2, 0) is 11.3 Å². The Balaban J connectivity index is 2.50. The molecule has 20 heavy (non-hydrogen) atoms. The van der Waals surface area contributed by atoms with Crippen LogP contribution in [0.5, 0.6) is 5.75 Å². The number of carbonyl (C=O) groups is 1. The second kappa shape index (κ2) is 6.21. The number of hydrogen-bond acceptors (Lipinski definition) is 4. The summed E-state index contributed by atoms with van der Waals surface area (Å²) in [5.74, 6) is 5.44. The summed E-state index contributed by atoms with van der Waals surface area (Å²) < 4.78 is 7.39. The molecule has 1 amide bonds. The minimum absolute atomic E-state index is 0.0684. The van der Waals surface area contributed by atoms with Gasteiger partial charge in [-0.15, -0.1) is 0 Å². The molecular formula is C14H17N3O3. The van der Waals surface area contributed by atoms with E-state index in [0.717, 1.165) is 0 Å². The van der Waals surface area contributed by atoms with E-state index < -0.39 is 0 Å². The molecule has 2 rings (SSSR count). The molecule has 0 unspecified atom stereocenters. The molecule has 6 nitrogen and oxygen atoms in total.